The van der Waals surface area contributed by atoms with Gasteiger partial charge < -0.3 is 10.2 Å². The Labute approximate surface area is 189 Å². The Balaban J connectivity index is 2.17. The SMILES string of the molecule is CC[C@@H](C(=O)NC(C)(C)C)N(Cc1cccc(C)c1)C(=O)CSCc1ccccc1F. The van der Waals surface area contributed by atoms with Crippen molar-refractivity contribution in [2.24, 2.45) is 0 Å². The molecule has 6 heteroatoms. The van der Waals surface area contributed by atoms with E-state index in [9.17, 15) is 14.0 Å². The van der Waals surface area contributed by atoms with Crippen molar-refractivity contribution in [2.45, 2.75) is 64.9 Å². The lowest BCUT2D eigenvalue weighted by Gasteiger charge is -2.33. The summed E-state index contributed by atoms with van der Waals surface area (Å²) in [6.45, 7) is 10.0. The van der Waals surface area contributed by atoms with Crippen LogP contribution < -0.4 is 5.32 Å². The Morgan fingerprint density at radius 3 is 2.45 bits per heavy atom. The number of carbonyl (C=O) groups is 2. The van der Waals surface area contributed by atoms with Gasteiger partial charge in [-0.25, -0.2) is 4.39 Å². The van der Waals surface area contributed by atoms with E-state index in [0.717, 1.165) is 11.1 Å². The number of aryl methyl sites for hydroxylation is 1. The molecule has 0 saturated heterocycles. The van der Waals surface area contributed by atoms with Gasteiger partial charge in [0.15, 0.2) is 0 Å². The third-order valence-corrected chi connectivity index (χ3v) is 5.73. The molecule has 0 aromatic heterocycles. The lowest BCUT2D eigenvalue weighted by atomic mass is 10.1. The van der Waals surface area contributed by atoms with Crippen LogP contribution in [-0.2, 0) is 21.9 Å². The zero-order valence-electron chi connectivity index (χ0n) is 19.1. The van der Waals surface area contributed by atoms with Gasteiger partial charge in [-0.2, -0.15) is 0 Å². The third kappa shape index (κ3) is 8.02. The van der Waals surface area contributed by atoms with Crippen LogP contribution in [-0.4, -0.2) is 34.0 Å². The molecule has 0 heterocycles. The van der Waals surface area contributed by atoms with E-state index in [0.29, 0.717) is 24.3 Å². The smallest absolute Gasteiger partial charge is 0.243 e. The van der Waals surface area contributed by atoms with Crippen LogP contribution in [0.15, 0.2) is 48.5 Å². The Kier molecular flexibility index (Phi) is 9.11. The van der Waals surface area contributed by atoms with Gasteiger partial charge in [0.1, 0.15) is 11.9 Å². The first kappa shape index (κ1) is 24.9. The highest BCUT2D eigenvalue weighted by atomic mass is 32.2. The predicted octanol–water partition coefficient (Wildman–Crippen LogP) is 5.09. The highest BCUT2D eigenvalue weighted by molar-refractivity contribution is 7.99. The maximum absolute atomic E-state index is 13.9. The Bertz CT molecular complexity index is 895. The fourth-order valence-corrected chi connectivity index (χ4v) is 4.22. The van der Waals surface area contributed by atoms with E-state index in [2.05, 4.69) is 5.32 Å². The summed E-state index contributed by atoms with van der Waals surface area (Å²) in [6, 6.07) is 14.0. The van der Waals surface area contributed by atoms with E-state index in [-0.39, 0.29) is 28.9 Å². The van der Waals surface area contributed by atoms with Crippen molar-refractivity contribution in [3.8, 4) is 0 Å². The first-order chi connectivity index (χ1) is 14.6. The lowest BCUT2D eigenvalue weighted by Crippen LogP contribution is -2.53. The Morgan fingerprint density at radius 2 is 1.84 bits per heavy atom. The summed E-state index contributed by atoms with van der Waals surface area (Å²) in [4.78, 5) is 27.8. The third-order valence-electron chi connectivity index (χ3n) is 4.76. The molecule has 0 radical (unpaired) electrons. The molecule has 1 N–H and O–H groups in total. The van der Waals surface area contributed by atoms with Crippen molar-refractivity contribution in [3.63, 3.8) is 0 Å². The van der Waals surface area contributed by atoms with Gasteiger partial charge >= 0.3 is 0 Å². The Morgan fingerprint density at radius 1 is 1.13 bits per heavy atom. The minimum absolute atomic E-state index is 0.126. The largest absolute Gasteiger partial charge is 0.350 e. The van der Waals surface area contributed by atoms with Crippen molar-refractivity contribution in [2.75, 3.05) is 5.75 Å². The average molecular weight is 445 g/mol. The van der Waals surface area contributed by atoms with Gasteiger partial charge in [0.25, 0.3) is 0 Å². The summed E-state index contributed by atoms with van der Waals surface area (Å²) in [5, 5.41) is 3.00. The highest BCUT2D eigenvalue weighted by Gasteiger charge is 2.30. The maximum Gasteiger partial charge on any atom is 0.243 e. The molecule has 2 aromatic carbocycles. The second-order valence-corrected chi connectivity index (χ2v) is 9.74. The number of hydrogen-bond donors (Lipinski definition) is 1. The van der Waals surface area contributed by atoms with Gasteiger partial charge in [-0.1, -0.05) is 55.0 Å². The molecule has 168 valence electrons. The molecule has 0 fully saturated rings. The van der Waals surface area contributed by atoms with E-state index < -0.39 is 6.04 Å². The van der Waals surface area contributed by atoms with E-state index in [4.69, 9.17) is 0 Å². The fourth-order valence-electron chi connectivity index (χ4n) is 3.33. The van der Waals surface area contributed by atoms with Crippen LogP contribution in [0.25, 0.3) is 0 Å². The summed E-state index contributed by atoms with van der Waals surface area (Å²) in [5.41, 5.74) is 2.27. The second kappa shape index (κ2) is 11.3. The summed E-state index contributed by atoms with van der Waals surface area (Å²) < 4.78 is 13.9. The first-order valence-electron chi connectivity index (χ1n) is 10.6. The van der Waals surface area contributed by atoms with Gasteiger partial charge in [-0.05, 0) is 51.3 Å². The van der Waals surface area contributed by atoms with E-state index in [1.165, 1.54) is 17.8 Å². The molecule has 4 nitrogen and oxygen atoms in total. The van der Waals surface area contributed by atoms with Crippen molar-refractivity contribution >= 4 is 23.6 Å². The van der Waals surface area contributed by atoms with Crippen LogP contribution in [0.2, 0.25) is 0 Å². The predicted molar refractivity (Wildman–Crippen MR) is 126 cm³/mol. The zero-order valence-corrected chi connectivity index (χ0v) is 19.9. The molecule has 2 amide bonds. The molecule has 0 aliphatic heterocycles. The summed E-state index contributed by atoms with van der Waals surface area (Å²) >= 11 is 1.36. The van der Waals surface area contributed by atoms with Gasteiger partial charge in [0.05, 0.1) is 5.75 Å². The number of amides is 2. The molecule has 0 aliphatic carbocycles. The van der Waals surface area contributed by atoms with E-state index in [1.54, 1.807) is 23.1 Å². The number of hydrogen-bond acceptors (Lipinski definition) is 3. The minimum atomic E-state index is -0.568. The highest BCUT2D eigenvalue weighted by Crippen LogP contribution is 2.19. The van der Waals surface area contributed by atoms with Crippen LogP contribution in [0.1, 0.15) is 50.8 Å². The number of nitrogens with zero attached hydrogens (tertiary/aromatic N) is 1. The van der Waals surface area contributed by atoms with Crippen molar-refractivity contribution < 1.29 is 14.0 Å². The van der Waals surface area contributed by atoms with Crippen molar-refractivity contribution in [3.05, 3.63) is 71.0 Å². The van der Waals surface area contributed by atoms with Crippen LogP contribution in [0, 0.1) is 12.7 Å². The monoisotopic (exact) mass is 444 g/mol. The van der Waals surface area contributed by atoms with Gasteiger partial charge in [0, 0.05) is 17.8 Å². The standard InChI is InChI=1S/C25H33FN2O2S/c1-6-22(24(30)27-25(3,4)5)28(15-19-11-9-10-18(2)14-19)23(29)17-31-16-20-12-7-8-13-21(20)26/h7-14,22H,6,15-17H2,1-5H3,(H,27,30)/t22-/m0/s1. The number of thioether (sulfide) groups is 1. The molecule has 2 aromatic rings. The molecule has 31 heavy (non-hydrogen) atoms. The lowest BCUT2D eigenvalue weighted by molar-refractivity contribution is -0.140. The quantitative estimate of drug-likeness (QED) is 0.586. The molecule has 1 atom stereocenters. The Hall–Kier alpha value is -2.34. The molecular formula is C25H33FN2O2S. The second-order valence-electron chi connectivity index (χ2n) is 8.76. The van der Waals surface area contributed by atoms with Crippen molar-refractivity contribution in [1.82, 2.24) is 10.2 Å². The molecule has 0 saturated carbocycles. The average Bonchev–Trinajstić information content (AvgIpc) is 2.68. The van der Waals surface area contributed by atoms with Gasteiger partial charge in [-0.3, -0.25) is 9.59 Å². The van der Waals surface area contributed by atoms with Crippen LogP contribution in [0.5, 0.6) is 0 Å². The summed E-state index contributed by atoms with van der Waals surface area (Å²) in [5.74, 6) is 0.0325. The molecule has 2 rings (SSSR count). The summed E-state index contributed by atoms with van der Waals surface area (Å²) in [6.07, 6.45) is 0.511. The minimum Gasteiger partial charge on any atom is -0.350 e. The number of rotatable bonds is 9. The van der Waals surface area contributed by atoms with Crippen molar-refractivity contribution in [1.29, 1.82) is 0 Å². The van der Waals surface area contributed by atoms with E-state index in [1.807, 2.05) is 58.9 Å². The molecule has 0 spiro atoms. The number of benzene rings is 2. The molecular weight excluding hydrogens is 411 g/mol. The van der Waals surface area contributed by atoms with Crippen LogP contribution >= 0.6 is 11.8 Å². The number of carbonyl (C=O) groups excluding carboxylic acids is 2. The fraction of sp³-hybridized carbons (Fsp3) is 0.440. The van der Waals surface area contributed by atoms with Gasteiger partial charge in [-0.15, -0.1) is 11.8 Å². The number of nitrogens with one attached hydrogen (secondary N) is 1. The molecule has 0 unspecified atom stereocenters. The molecule has 0 aliphatic rings. The van der Waals surface area contributed by atoms with Crippen LogP contribution in [0.3, 0.4) is 0 Å². The number of halogens is 1. The first-order valence-corrected chi connectivity index (χ1v) is 11.7. The molecule has 0 bridgehead atoms. The van der Waals surface area contributed by atoms with E-state index >= 15 is 0 Å². The normalized spacial score (nSPS) is 12.3. The summed E-state index contributed by atoms with van der Waals surface area (Å²) in [7, 11) is 0. The van der Waals surface area contributed by atoms with Gasteiger partial charge in [0.2, 0.25) is 11.8 Å². The zero-order chi connectivity index (χ0) is 23.0. The van der Waals surface area contributed by atoms with Crippen LogP contribution in [0.4, 0.5) is 4.39 Å². The maximum atomic E-state index is 13.9. The topological polar surface area (TPSA) is 49.4 Å².